The molecule has 3 aromatic carbocycles. The Labute approximate surface area is 429 Å². The Morgan fingerprint density at radius 3 is 1.32 bits per heavy atom. The molecule has 6 aromatic rings. The highest BCUT2D eigenvalue weighted by Gasteiger charge is 2.56. The summed E-state index contributed by atoms with van der Waals surface area (Å²) in [7, 11) is 4.54. The number of methoxy groups -OCH3 is 3. The molecule has 0 amide bonds. The van der Waals surface area contributed by atoms with E-state index >= 15 is 0 Å². The molecule has 3 aliphatic heterocycles. The van der Waals surface area contributed by atoms with Crippen molar-refractivity contribution in [3.05, 3.63) is 137 Å². The molecule has 3 N–H and O–H groups in total. The Balaban J connectivity index is 0.000000162. The van der Waals surface area contributed by atoms with Gasteiger partial charge in [0.15, 0.2) is 18.3 Å². The molecule has 0 aliphatic carbocycles. The normalized spacial score (nSPS) is 22.9. The van der Waals surface area contributed by atoms with Crippen LogP contribution in [-0.2, 0) is 0 Å². The smallest absolute Gasteiger partial charge is 0.234 e. The molecule has 3 aromatic heterocycles. The van der Waals surface area contributed by atoms with E-state index in [4.69, 9.17) is 47.9 Å². The standard InChI is InChI=1S/C19H20N2O4.C18H19N3O4.C18H18N2O4/c1-18(2)19(3,22)17(24-13-7-8-21-16(10-13)23-4)14-9-12(11-20)5-6-15(14)25-18;1-17(2)18(3,22)16(24-15-8-7-14(23-4)20-21-15)12-9-11(10-19)5-6-13(12)25-17;1-18(2)17(21)16(23-12-6-7-20-15(9-12)22-3)13-8-11(10-19)4-5-14(13)24-18/h5-10,17,22H,1-4H3;5-9,16,22H,1-4H3;4-9,16-17,21H,1-3H3. The quantitative estimate of drug-likeness (QED) is 0.124. The van der Waals surface area contributed by atoms with E-state index < -0.39 is 52.4 Å². The second kappa shape index (κ2) is 21.0. The molecule has 0 saturated carbocycles. The van der Waals surface area contributed by atoms with Crippen molar-refractivity contribution < 1.29 is 58.0 Å². The van der Waals surface area contributed by atoms with Gasteiger partial charge in [-0.15, -0.1) is 10.2 Å². The maximum absolute atomic E-state index is 11.2. The molecule has 3 aliphatic rings. The van der Waals surface area contributed by atoms with Gasteiger partial charge in [0, 0.05) is 53.3 Å². The highest BCUT2D eigenvalue weighted by atomic mass is 16.6. The van der Waals surface area contributed by atoms with E-state index in [1.165, 1.54) is 21.3 Å². The number of ether oxygens (including phenoxy) is 9. The van der Waals surface area contributed by atoms with E-state index in [-0.39, 0.29) is 5.88 Å². The lowest BCUT2D eigenvalue weighted by Gasteiger charge is -2.48. The molecule has 0 fully saturated rings. The van der Waals surface area contributed by atoms with E-state index in [2.05, 4.69) is 38.4 Å². The second-order valence-electron chi connectivity index (χ2n) is 19.3. The zero-order chi connectivity index (χ0) is 53.8. The first-order valence-electron chi connectivity index (χ1n) is 23.2. The number of aliphatic hydroxyl groups excluding tert-OH is 1. The Morgan fingerprint density at radius 2 is 0.892 bits per heavy atom. The van der Waals surface area contributed by atoms with E-state index in [0.717, 1.165) is 0 Å². The maximum atomic E-state index is 11.2. The lowest BCUT2D eigenvalue weighted by Crippen LogP contribution is -2.59. The Kier molecular flexibility index (Phi) is 15.1. The van der Waals surface area contributed by atoms with Crippen LogP contribution in [0.25, 0.3) is 0 Å². The van der Waals surface area contributed by atoms with Crippen LogP contribution in [0.5, 0.6) is 52.3 Å². The SMILES string of the molecule is COc1cc(OC2c3cc(C#N)ccc3OC(C)(C)C2(C)O)ccn1.COc1cc(OC2c3cc(C#N)ccc3OC(C)(C)C2O)ccn1.COc1ccc(OC2c3cc(C#N)ccc3OC(C)(C)C2(C)O)nn1. The van der Waals surface area contributed by atoms with Gasteiger partial charge in [0.2, 0.25) is 23.5 Å². The molecule has 6 heterocycles. The van der Waals surface area contributed by atoms with Crippen LogP contribution in [0.15, 0.2) is 103 Å². The summed E-state index contributed by atoms with van der Waals surface area (Å²) in [6.45, 7) is 14.1. The fourth-order valence-corrected chi connectivity index (χ4v) is 8.16. The predicted molar refractivity (Wildman–Crippen MR) is 265 cm³/mol. The van der Waals surface area contributed by atoms with Crippen molar-refractivity contribution in [1.29, 1.82) is 15.8 Å². The zero-order valence-electron chi connectivity index (χ0n) is 42.8. The molecule has 0 radical (unpaired) electrons. The minimum Gasteiger partial charge on any atom is -0.485 e. The zero-order valence-corrected chi connectivity index (χ0v) is 42.8. The van der Waals surface area contributed by atoms with Gasteiger partial charge in [-0.3, -0.25) is 0 Å². The molecular weight excluding hydrogens is 951 g/mol. The second-order valence-corrected chi connectivity index (χ2v) is 19.3. The van der Waals surface area contributed by atoms with Crippen molar-refractivity contribution in [2.45, 2.75) is 108 Å². The van der Waals surface area contributed by atoms with Crippen LogP contribution in [-0.4, -0.2) is 90.9 Å². The van der Waals surface area contributed by atoms with Crippen LogP contribution < -0.4 is 42.6 Å². The highest BCUT2D eigenvalue weighted by Crippen LogP contribution is 2.50. The molecule has 0 saturated heterocycles. The van der Waals surface area contributed by atoms with E-state index in [1.54, 1.807) is 159 Å². The van der Waals surface area contributed by atoms with Gasteiger partial charge in [0.05, 0.1) is 56.2 Å². The van der Waals surface area contributed by atoms with Crippen LogP contribution >= 0.6 is 0 Å². The van der Waals surface area contributed by atoms with Crippen molar-refractivity contribution in [3.63, 3.8) is 0 Å². The highest BCUT2D eigenvalue weighted by molar-refractivity contribution is 5.50. The monoisotopic (exact) mass is 1010 g/mol. The van der Waals surface area contributed by atoms with E-state index in [0.29, 0.717) is 79.8 Å². The van der Waals surface area contributed by atoms with Crippen LogP contribution in [0, 0.1) is 34.0 Å². The van der Waals surface area contributed by atoms with E-state index in [1.807, 2.05) is 0 Å². The summed E-state index contributed by atoms with van der Waals surface area (Å²) < 4.78 is 51.1. The molecule has 19 nitrogen and oxygen atoms in total. The lowest BCUT2D eigenvalue weighted by molar-refractivity contribution is -0.175. The van der Waals surface area contributed by atoms with Crippen molar-refractivity contribution in [2.24, 2.45) is 0 Å². The summed E-state index contributed by atoms with van der Waals surface area (Å²) in [5.74, 6) is 4.17. The van der Waals surface area contributed by atoms with Gasteiger partial charge in [-0.25, -0.2) is 9.97 Å². The summed E-state index contributed by atoms with van der Waals surface area (Å²) in [6.07, 6.45) is 0.0218. The van der Waals surface area contributed by atoms with Crippen molar-refractivity contribution in [1.82, 2.24) is 20.2 Å². The Morgan fingerprint density at radius 1 is 0.486 bits per heavy atom. The number of nitrogens with zero attached hydrogens (tertiary/aromatic N) is 7. The van der Waals surface area contributed by atoms with Crippen LogP contribution in [0.4, 0.5) is 0 Å². The van der Waals surface area contributed by atoms with Crippen LogP contribution in [0.2, 0.25) is 0 Å². The summed E-state index contributed by atoms with van der Waals surface area (Å²) in [5, 5.41) is 68.4. The number of nitriles is 3. The Hall–Kier alpha value is -8.41. The summed E-state index contributed by atoms with van der Waals surface area (Å²) in [4.78, 5) is 8.09. The van der Waals surface area contributed by atoms with Gasteiger partial charge in [-0.1, -0.05) is 0 Å². The van der Waals surface area contributed by atoms with Gasteiger partial charge in [-0.05, 0) is 122 Å². The molecule has 9 rings (SSSR count). The molecule has 19 heteroatoms. The third-order valence-electron chi connectivity index (χ3n) is 13.3. The average molecular weight is 1010 g/mol. The van der Waals surface area contributed by atoms with Crippen molar-refractivity contribution in [2.75, 3.05) is 21.3 Å². The number of hydrogen-bond donors (Lipinski definition) is 3. The minimum atomic E-state index is -1.38. The number of fused-ring (bicyclic) bond motifs is 3. The maximum Gasteiger partial charge on any atom is 0.234 e. The third kappa shape index (κ3) is 10.8. The third-order valence-corrected chi connectivity index (χ3v) is 13.3. The van der Waals surface area contributed by atoms with Gasteiger partial charge in [0.1, 0.15) is 62.9 Å². The molecule has 384 valence electrons. The lowest BCUT2D eigenvalue weighted by atomic mass is 9.77. The molecular formula is C55H57N7O12. The van der Waals surface area contributed by atoms with Crippen molar-refractivity contribution >= 4 is 0 Å². The van der Waals surface area contributed by atoms with Crippen LogP contribution in [0.3, 0.4) is 0 Å². The van der Waals surface area contributed by atoms with E-state index in [9.17, 15) is 25.8 Å². The molecule has 6 atom stereocenters. The van der Waals surface area contributed by atoms with Crippen molar-refractivity contribution in [3.8, 4) is 70.5 Å². The number of hydrogen-bond acceptors (Lipinski definition) is 19. The summed E-state index contributed by atoms with van der Waals surface area (Å²) in [6, 6.07) is 31.4. The summed E-state index contributed by atoms with van der Waals surface area (Å²) in [5.41, 5.74) is -2.12. The molecule has 74 heavy (non-hydrogen) atoms. The van der Waals surface area contributed by atoms with Gasteiger partial charge in [-0.2, -0.15) is 15.8 Å². The van der Waals surface area contributed by atoms with Gasteiger partial charge in [0.25, 0.3) is 0 Å². The minimum absolute atomic E-state index is 0.233. The molecule has 0 bridgehead atoms. The van der Waals surface area contributed by atoms with Gasteiger partial charge < -0.3 is 58.0 Å². The largest absolute Gasteiger partial charge is 0.485 e. The number of benzene rings is 3. The average Bonchev–Trinajstić information content (AvgIpc) is 3.38. The fourth-order valence-electron chi connectivity index (χ4n) is 8.16. The van der Waals surface area contributed by atoms with Crippen LogP contribution in [0.1, 0.15) is 107 Å². The first-order valence-corrected chi connectivity index (χ1v) is 23.2. The first-order chi connectivity index (χ1) is 35.0. The number of pyridine rings is 2. The molecule has 6 unspecified atom stereocenters. The first kappa shape index (κ1) is 53.4. The number of aromatic nitrogens is 4. The number of aliphatic hydroxyl groups is 3. The predicted octanol–water partition coefficient (Wildman–Crippen LogP) is 8.02. The molecule has 0 spiro atoms. The van der Waals surface area contributed by atoms with Gasteiger partial charge >= 0.3 is 0 Å². The fraction of sp³-hybridized carbons (Fsp3) is 0.364. The summed E-state index contributed by atoms with van der Waals surface area (Å²) >= 11 is 0. The Bertz CT molecular complexity index is 3120. The topological polar surface area (TPSA) is 267 Å². The number of rotatable bonds is 9.